The van der Waals surface area contributed by atoms with E-state index in [1.807, 2.05) is 0 Å². The molecule has 1 aliphatic rings. The van der Waals surface area contributed by atoms with Gasteiger partial charge in [-0.2, -0.15) is 0 Å². The van der Waals surface area contributed by atoms with Gasteiger partial charge in [0.15, 0.2) is 0 Å². The fraction of sp³-hybridized carbons (Fsp3) is 0.867. The number of carbonyl (C=O) groups excluding carboxylic acids is 1. The minimum atomic E-state index is -0.412. The number of hydrogen-bond acceptors (Lipinski definition) is 2. The van der Waals surface area contributed by atoms with Gasteiger partial charge in [-0.15, -0.1) is 0 Å². The maximum atomic E-state index is 12.5. The van der Waals surface area contributed by atoms with Gasteiger partial charge in [-0.05, 0) is 25.7 Å². The van der Waals surface area contributed by atoms with E-state index in [4.69, 9.17) is 18.0 Å². The number of nitrogens with one attached hydrogen (secondary N) is 1. The van der Waals surface area contributed by atoms with Crippen molar-refractivity contribution < 1.29 is 4.79 Å². The Kier molecular flexibility index (Phi) is 6.76. The molecular formula is C15H28N2OS. The average molecular weight is 284 g/mol. The van der Waals surface area contributed by atoms with E-state index in [-0.39, 0.29) is 11.8 Å². The number of thiocarbonyl (C=S) groups is 1. The van der Waals surface area contributed by atoms with Gasteiger partial charge in [0.1, 0.15) is 0 Å². The first-order valence-corrected chi connectivity index (χ1v) is 8.08. The van der Waals surface area contributed by atoms with E-state index in [9.17, 15) is 4.79 Å². The Labute approximate surface area is 122 Å². The summed E-state index contributed by atoms with van der Waals surface area (Å²) in [6.45, 7) is 4.25. The Hall–Kier alpha value is -0.640. The van der Waals surface area contributed by atoms with Crippen LogP contribution in [0.25, 0.3) is 0 Å². The van der Waals surface area contributed by atoms with Crippen LogP contribution in [0.1, 0.15) is 71.6 Å². The Morgan fingerprint density at radius 3 is 2.16 bits per heavy atom. The number of hydrogen-bond donors (Lipinski definition) is 2. The molecule has 0 spiro atoms. The van der Waals surface area contributed by atoms with Gasteiger partial charge in [0, 0.05) is 5.92 Å². The van der Waals surface area contributed by atoms with E-state index in [1.54, 1.807) is 0 Å². The Balaban J connectivity index is 2.71. The van der Waals surface area contributed by atoms with Crippen LogP contribution in [-0.4, -0.2) is 16.4 Å². The highest BCUT2D eigenvalue weighted by Gasteiger charge is 2.37. The van der Waals surface area contributed by atoms with Crippen LogP contribution >= 0.6 is 12.2 Å². The van der Waals surface area contributed by atoms with Crippen LogP contribution in [0.15, 0.2) is 0 Å². The molecule has 0 aromatic carbocycles. The topological polar surface area (TPSA) is 55.1 Å². The monoisotopic (exact) mass is 284 g/mol. The van der Waals surface area contributed by atoms with E-state index < -0.39 is 5.54 Å². The molecule has 1 saturated carbocycles. The third-order valence-corrected chi connectivity index (χ3v) is 4.58. The van der Waals surface area contributed by atoms with Crippen molar-refractivity contribution in [2.45, 2.75) is 77.2 Å². The van der Waals surface area contributed by atoms with Crippen LogP contribution in [0.4, 0.5) is 0 Å². The molecule has 0 atom stereocenters. The first-order chi connectivity index (χ1) is 9.05. The summed E-state index contributed by atoms with van der Waals surface area (Å²) in [5, 5.41) is 3.20. The fourth-order valence-corrected chi connectivity index (χ4v) is 3.28. The van der Waals surface area contributed by atoms with Crippen molar-refractivity contribution in [3.63, 3.8) is 0 Å². The van der Waals surface area contributed by atoms with Crippen molar-refractivity contribution in [1.82, 2.24) is 5.32 Å². The predicted molar refractivity (Wildman–Crippen MR) is 84.1 cm³/mol. The minimum absolute atomic E-state index is 0.114. The number of nitrogens with two attached hydrogens (primary N) is 1. The lowest BCUT2D eigenvalue weighted by Crippen LogP contribution is -2.58. The van der Waals surface area contributed by atoms with Gasteiger partial charge in [0.25, 0.3) is 0 Å². The summed E-state index contributed by atoms with van der Waals surface area (Å²) in [6.07, 6.45) is 9.20. The standard InChI is InChI=1S/C15H28N2OS/c1-3-8-12(9-4-2)13(18)17-15(14(16)19)10-6-5-7-11-15/h12H,3-11H2,1-2H3,(H2,16,19)(H,17,18). The molecule has 1 amide bonds. The van der Waals surface area contributed by atoms with Gasteiger partial charge in [0.2, 0.25) is 5.91 Å². The first-order valence-electron chi connectivity index (χ1n) is 7.67. The zero-order valence-corrected chi connectivity index (χ0v) is 13.2. The van der Waals surface area contributed by atoms with Crippen LogP contribution in [0.5, 0.6) is 0 Å². The second-order valence-corrected chi connectivity index (χ2v) is 6.21. The summed E-state index contributed by atoms with van der Waals surface area (Å²) < 4.78 is 0. The molecular weight excluding hydrogens is 256 g/mol. The highest BCUT2D eigenvalue weighted by atomic mass is 32.1. The SMILES string of the molecule is CCCC(CCC)C(=O)NC1(C(N)=S)CCCCC1. The van der Waals surface area contributed by atoms with Crippen molar-refractivity contribution in [3.8, 4) is 0 Å². The number of carbonyl (C=O) groups is 1. The lowest BCUT2D eigenvalue weighted by molar-refractivity contribution is -0.127. The molecule has 0 aliphatic heterocycles. The maximum absolute atomic E-state index is 12.5. The summed E-state index contributed by atoms with van der Waals surface area (Å²) in [5.41, 5.74) is 5.50. The highest BCUT2D eigenvalue weighted by molar-refractivity contribution is 7.80. The second kappa shape index (κ2) is 7.83. The summed E-state index contributed by atoms with van der Waals surface area (Å²) in [4.78, 5) is 12.9. The van der Waals surface area contributed by atoms with Gasteiger partial charge in [-0.25, -0.2) is 0 Å². The molecule has 4 heteroatoms. The van der Waals surface area contributed by atoms with Crippen molar-refractivity contribution in [3.05, 3.63) is 0 Å². The van der Waals surface area contributed by atoms with Crippen LogP contribution in [-0.2, 0) is 4.79 Å². The van der Waals surface area contributed by atoms with Crippen LogP contribution < -0.4 is 11.1 Å². The second-order valence-electron chi connectivity index (χ2n) is 5.77. The molecule has 19 heavy (non-hydrogen) atoms. The Morgan fingerprint density at radius 1 is 1.21 bits per heavy atom. The summed E-state index contributed by atoms with van der Waals surface area (Å²) >= 11 is 5.22. The molecule has 0 radical (unpaired) electrons. The smallest absolute Gasteiger partial charge is 0.223 e. The van der Waals surface area contributed by atoms with Gasteiger partial charge in [0.05, 0.1) is 10.5 Å². The molecule has 0 bridgehead atoms. The lowest BCUT2D eigenvalue weighted by Gasteiger charge is -2.38. The molecule has 3 N–H and O–H groups in total. The Bertz CT molecular complexity index is 305. The largest absolute Gasteiger partial charge is 0.391 e. The van der Waals surface area contributed by atoms with Gasteiger partial charge in [-0.1, -0.05) is 58.2 Å². The quantitative estimate of drug-likeness (QED) is 0.705. The maximum Gasteiger partial charge on any atom is 0.223 e. The number of amides is 1. The number of rotatable bonds is 7. The van der Waals surface area contributed by atoms with E-state index in [0.29, 0.717) is 4.99 Å². The molecule has 1 aliphatic carbocycles. The lowest BCUT2D eigenvalue weighted by atomic mass is 9.81. The van der Waals surface area contributed by atoms with Crippen LogP contribution in [0.3, 0.4) is 0 Å². The van der Waals surface area contributed by atoms with Crippen molar-refractivity contribution in [1.29, 1.82) is 0 Å². The molecule has 0 unspecified atom stereocenters. The zero-order valence-electron chi connectivity index (χ0n) is 12.3. The summed E-state index contributed by atoms with van der Waals surface area (Å²) in [5.74, 6) is 0.265. The van der Waals surface area contributed by atoms with Crippen molar-refractivity contribution in [2.24, 2.45) is 11.7 Å². The molecule has 0 aromatic heterocycles. The van der Waals surface area contributed by atoms with E-state index in [0.717, 1.165) is 51.4 Å². The van der Waals surface area contributed by atoms with E-state index >= 15 is 0 Å². The molecule has 0 saturated heterocycles. The van der Waals surface area contributed by atoms with Crippen LogP contribution in [0, 0.1) is 5.92 Å². The highest BCUT2D eigenvalue weighted by Crippen LogP contribution is 2.29. The van der Waals surface area contributed by atoms with Crippen molar-refractivity contribution in [2.75, 3.05) is 0 Å². The minimum Gasteiger partial charge on any atom is -0.391 e. The predicted octanol–water partition coefficient (Wildman–Crippen LogP) is 3.31. The Morgan fingerprint density at radius 2 is 1.74 bits per heavy atom. The molecule has 0 heterocycles. The van der Waals surface area contributed by atoms with E-state index in [1.165, 1.54) is 6.42 Å². The van der Waals surface area contributed by atoms with Gasteiger partial charge < -0.3 is 11.1 Å². The van der Waals surface area contributed by atoms with Gasteiger partial charge in [-0.3, -0.25) is 4.79 Å². The molecule has 1 rings (SSSR count). The zero-order chi connectivity index (χ0) is 14.3. The molecule has 110 valence electrons. The summed E-state index contributed by atoms with van der Waals surface area (Å²) in [7, 11) is 0. The summed E-state index contributed by atoms with van der Waals surface area (Å²) in [6, 6.07) is 0. The van der Waals surface area contributed by atoms with E-state index in [2.05, 4.69) is 19.2 Å². The third-order valence-electron chi connectivity index (χ3n) is 4.19. The van der Waals surface area contributed by atoms with Crippen LogP contribution in [0.2, 0.25) is 0 Å². The molecule has 3 nitrogen and oxygen atoms in total. The van der Waals surface area contributed by atoms with Crippen molar-refractivity contribution >= 4 is 23.1 Å². The molecule has 0 aromatic rings. The normalized spacial score (nSPS) is 18.3. The van der Waals surface area contributed by atoms with Gasteiger partial charge >= 0.3 is 0 Å². The fourth-order valence-electron chi connectivity index (χ4n) is 3.03. The average Bonchev–Trinajstić information content (AvgIpc) is 2.39. The molecule has 1 fully saturated rings. The third kappa shape index (κ3) is 4.44. The first kappa shape index (κ1) is 16.4.